The van der Waals surface area contributed by atoms with E-state index < -0.39 is 0 Å². The molecule has 0 fully saturated rings. The summed E-state index contributed by atoms with van der Waals surface area (Å²) in [6, 6.07) is 4.05. The van der Waals surface area contributed by atoms with Gasteiger partial charge in [0, 0.05) is 17.7 Å². The molecular weight excluding hydrogens is 329 g/mol. The van der Waals surface area contributed by atoms with Crippen LogP contribution in [0.2, 0.25) is 0 Å². The van der Waals surface area contributed by atoms with Crippen molar-refractivity contribution >= 4 is 0 Å². The van der Waals surface area contributed by atoms with Gasteiger partial charge in [-0.15, -0.1) is 0 Å². The van der Waals surface area contributed by atoms with Crippen LogP contribution in [-0.4, -0.2) is 12.2 Å². The van der Waals surface area contributed by atoms with Crippen LogP contribution in [0, 0.1) is 0 Å². The number of pyridine rings is 1. The van der Waals surface area contributed by atoms with E-state index in [9.17, 15) is 0 Å². The molecule has 0 aromatic carbocycles. The molecule has 0 aliphatic heterocycles. The van der Waals surface area contributed by atoms with Gasteiger partial charge in [0.05, 0.1) is 12.2 Å². The number of rotatable bonds is 5. The summed E-state index contributed by atoms with van der Waals surface area (Å²) < 4.78 is 13.5. The topological polar surface area (TPSA) is 22.3 Å². The van der Waals surface area contributed by atoms with Crippen LogP contribution >= 0.6 is 0 Å². The monoisotopic (exact) mass is 351 g/mol. The fourth-order valence-corrected chi connectivity index (χ4v) is 1.35. The molecule has 1 aromatic heterocycles. The Hall–Kier alpha value is -0.200. The third-order valence-corrected chi connectivity index (χ3v) is 2.07. The summed E-state index contributed by atoms with van der Waals surface area (Å²) in [5.74, 6) is 0. The van der Waals surface area contributed by atoms with Crippen LogP contribution in [0.4, 0.5) is 0 Å². The van der Waals surface area contributed by atoms with Gasteiger partial charge < -0.3 is 33.5 Å². The average Bonchev–Trinajstić information content (AvgIpc) is 2.16. The van der Waals surface area contributed by atoms with Gasteiger partial charge in [0.1, 0.15) is 7.05 Å². The van der Waals surface area contributed by atoms with Crippen LogP contribution < -0.4 is 28.5 Å². The van der Waals surface area contributed by atoms with Gasteiger partial charge >= 0.3 is 0 Å². The minimum Gasteiger partial charge on any atom is -1.00 e. The van der Waals surface area contributed by atoms with Gasteiger partial charge in [-0.3, -0.25) is 0 Å². The molecule has 0 amide bonds. The maximum Gasteiger partial charge on any atom is 0.184 e. The summed E-state index contributed by atoms with van der Waals surface area (Å²) in [5.41, 5.74) is 1.06. The maximum absolute atomic E-state index is 5.76. The van der Waals surface area contributed by atoms with E-state index in [2.05, 4.69) is 0 Å². The van der Waals surface area contributed by atoms with Crippen molar-refractivity contribution < 1.29 is 38.0 Å². The van der Waals surface area contributed by atoms with Gasteiger partial charge in [0.2, 0.25) is 0 Å². The lowest BCUT2D eigenvalue weighted by atomic mass is 10.2. The lowest BCUT2D eigenvalue weighted by Gasteiger charge is -2.22. The predicted octanol–water partition coefficient (Wildman–Crippen LogP) is -0.636. The molecule has 0 radical (unpaired) electrons. The third-order valence-electron chi connectivity index (χ3n) is 2.07. The first kappa shape index (κ1) is 16.8. The Kier molecular flexibility index (Phi) is 7.91. The zero-order chi connectivity index (χ0) is 12.1. The van der Waals surface area contributed by atoms with E-state index >= 15 is 0 Å². The van der Waals surface area contributed by atoms with Crippen LogP contribution in [-0.2, 0) is 16.5 Å². The van der Waals surface area contributed by atoms with Gasteiger partial charge in [-0.1, -0.05) is 0 Å². The standard InChI is InChI=1S/C13H22NO2.HI/c1-10(2)15-13(16-11(3)4)12-6-8-14(5)9-7-12;/h6-11,13H,1-5H3;1H/q+1;/p-1. The maximum atomic E-state index is 5.76. The predicted molar refractivity (Wildman–Crippen MR) is 62.8 cm³/mol. The molecule has 0 aliphatic carbocycles. The number of aryl methyl sites for hydroxylation is 1. The second-order valence-electron chi connectivity index (χ2n) is 4.50. The average molecular weight is 351 g/mol. The minimum atomic E-state index is -0.277. The van der Waals surface area contributed by atoms with E-state index in [4.69, 9.17) is 9.47 Å². The molecule has 0 spiro atoms. The van der Waals surface area contributed by atoms with Crippen molar-refractivity contribution in [2.24, 2.45) is 7.05 Å². The fraction of sp³-hybridized carbons (Fsp3) is 0.615. The Labute approximate surface area is 121 Å². The smallest absolute Gasteiger partial charge is 0.184 e. The van der Waals surface area contributed by atoms with Gasteiger partial charge in [-0.25, -0.2) is 4.57 Å². The molecule has 1 aromatic rings. The van der Waals surface area contributed by atoms with E-state index in [0.29, 0.717) is 0 Å². The van der Waals surface area contributed by atoms with Gasteiger partial charge in [-0.05, 0) is 27.7 Å². The molecule has 0 bridgehead atoms. The van der Waals surface area contributed by atoms with Crippen LogP contribution in [0.25, 0.3) is 0 Å². The Morgan fingerprint density at radius 1 is 0.941 bits per heavy atom. The number of nitrogens with zero attached hydrogens (tertiary/aromatic N) is 1. The molecule has 0 N–H and O–H groups in total. The molecule has 17 heavy (non-hydrogen) atoms. The van der Waals surface area contributed by atoms with E-state index in [0.717, 1.165) is 5.56 Å². The number of hydrogen-bond acceptors (Lipinski definition) is 2. The van der Waals surface area contributed by atoms with Crippen molar-refractivity contribution in [2.45, 2.75) is 46.2 Å². The molecule has 1 heterocycles. The summed E-state index contributed by atoms with van der Waals surface area (Å²) in [4.78, 5) is 0. The summed E-state index contributed by atoms with van der Waals surface area (Å²) in [6.07, 6.45) is 4.02. The second-order valence-corrected chi connectivity index (χ2v) is 4.50. The third kappa shape index (κ3) is 6.33. The molecule has 0 saturated carbocycles. The number of aromatic nitrogens is 1. The Bertz CT molecular complexity index is 302. The lowest BCUT2D eigenvalue weighted by Crippen LogP contribution is -3.00. The zero-order valence-corrected chi connectivity index (χ0v) is 13.3. The minimum absolute atomic E-state index is 0. The van der Waals surface area contributed by atoms with Gasteiger partial charge in [-0.2, -0.15) is 0 Å². The van der Waals surface area contributed by atoms with Crippen molar-refractivity contribution in [3.05, 3.63) is 30.1 Å². The lowest BCUT2D eigenvalue weighted by molar-refractivity contribution is -0.671. The van der Waals surface area contributed by atoms with Crippen molar-refractivity contribution in [3.63, 3.8) is 0 Å². The number of halogens is 1. The van der Waals surface area contributed by atoms with Crippen molar-refractivity contribution in [1.82, 2.24) is 0 Å². The van der Waals surface area contributed by atoms with Crippen molar-refractivity contribution in [3.8, 4) is 0 Å². The largest absolute Gasteiger partial charge is 1.00 e. The highest BCUT2D eigenvalue weighted by Crippen LogP contribution is 2.21. The van der Waals surface area contributed by atoms with Gasteiger partial charge in [0.25, 0.3) is 0 Å². The number of hydrogen-bond donors (Lipinski definition) is 0. The van der Waals surface area contributed by atoms with Crippen molar-refractivity contribution in [1.29, 1.82) is 0 Å². The summed E-state index contributed by atoms with van der Waals surface area (Å²) >= 11 is 0. The van der Waals surface area contributed by atoms with E-state index in [1.54, 1.807) is 0 Å². The highest BCUT2D eigenvalue weighted by Gasteiger charge is 2.16. The van der Waals surface area contributed by atoms with E-state index in [-0.39, 0.29) is 42.5 Å². The summed E-state index contributed by atoms with van der Waals surface area (Å²) in [5, 5.41) is 0. The number of ether oxygens (including phenoxy) is 2. The molecule has 4 heteroatoms. The van der Waals surface area contributed by atoms with Gasteiger partial charge in [0.15, 0.2) is 18.7 Å². The Morgan fingerprint density at radius 3 is 1.71 bits per heavy atom. The Balaban J connectivity index is 0.00000256. The normalized spacial score (nSPS) is 11.1. The first-order valence-corrected chi connectivity index (χ1v) is 5.75. The van der Waals surface area contributed by atoms with Crippen LogP contribution in [0.3, 0.4) is 0 Å². The first-order chi connectivity index (χ1) is 7.49. The van der Waals surface area contributed by atoms with E-state index in [1.807, 2.05) is 63.8 Å². The van der Waals surface area contributed by atoms with Crippen LogP contribution in [0.15, 0.2) is 24.5 Å². The first-order valence-electron chi connectivity index (χ1n) is 5.75. The highest BCUT2D eigenvalue weighted by atomic mass is 127. The zero-order valence-electron chi connectivity index (χ0n) is 11.2. The molecule has 0 aliphatic rings. The Morgan fingerprint density at radius 2 is 1.35 bits per heavy atom. The summed E-state index contributed by atoms with van der Waals surface area (Å²) in [6.45, 7) is 8.05. The SMILES string of the molecule is CC(C)OC(OC(C)C)c1cc[n+](C)cc1.[I-]. The van der Waals surface area contributed by atoms with Crippen LogP contribution in [0.1, 0.15) is 39.5 Å². The van der Waals surface area contributed by atoms with E-state index in [1.165, 1.54) is 0 Å². The molecule has 0 atom stereocenters. The molecular formula is C13H22INO2. The molecule has 0 saturated heterocycles. The van der Waals surface area contributed by atoms with Crippen LogP contribution in [0.5, 0.6) is 0 Å². The van der Waals surface area contributed by atoms with Crippen molar-refractivity contribution in [2.75, 3.05) is 0 Å². The molecule has 1 rings (SSSR count). The summed E-state index contributed by atoms with van der Waals surface area (Å²) in [7, 11) is 1.99. The molecule has 98 valence electrons. The molecule has 0 unspecified atom stereocenters. The molecule has 3 nitrogen and oxygen atoms in total. The quantitative estimate of drug-likeness (QED) is 0.400. The fourth-order valence-electron chi connectivity index (χ4n) is 1.35. The second kappa shape index (κ2) is 8.00. The highest BCUT2D eigenvalue weighted by molar-refractivity contribution is 5.09.